The Hall–Kier alpha value is 2.31. The first-order chi connectivity index (χ1) is 5.09. The highest BCUT2D eigenvalue weighted by Gasteiger charge is 2.19. The third kappa shape index (κ3) is 6.39. The summed E-state index contributed by atoms with van der Waals surface area (Å²) in [4.78, 5) is 0. The van der Waals surface area contributed by atoms with E-state index < -0.39 is 12.4 Å². The number of nitrogens with zero attached hydrogens (tertiary/aromatic N) is 1. The zero-order valence-electron chi connectivity index (χ0n) is 6.24. The molecule has 0 aromatic carbocycles. The molecule has 0 aliphatic heterocycles. The maximum atomic E-state index is 3.63. The van der Waals surface area contributed by atoms with E-state index >= 15 is 0 Å². The van der Waals surface area contributed by atoms with Crippen LogP contribution in [0.3, 0.4) is 0 Å². The molecule has 0 aliphatic carbocycles. The second-order valence-corrected chi connectivity index (χ2v) is 23.0. The molecule has 0 saturated heterocycles. The summed E-state index contributed by atoms with van der Waals surface area (Å²) in [5, 5.41) is 0. The summed E-state index contributed by atoms with van der Waals surface area (Å²) >= 11 is 14.5. The van der Waals surface area contributed by atoms with Gasteiger partial charge < -0.3 is 4.23 Å². The highest BCUT2D eigenvalue weighted by atomic mass is 79.9. The Bertz CT molecular complexity index is 94.1. The van der Waals surface area contributed by atoms with Crippen LogP contribution in [0.1, 0.15) is 19.8 Å². The molecule has 7 heteroatoms. The molecule has 0 fully saturated rings. The first kappa shape index (κ1) is 13.3. The largest absolute Gasteiger partial charge is 0.316 e. The molecule has 0 saturated carbocycles. The normalized spacial score (nSPS) is 12.0. The van der Waals surface area contributed by atoms with E-state index in [2.05, 4.69) is 72.3 Å². The van der Waals surface area contributed by atoms with Gasteiger partial charge in [-0.1, -0.05) is 74.5 Å². The molecule has 0 aliphatic rings. The van der Waals surface area contributed by atoms with Crippen LogP contribution in [0.2, 0.25) is 0 Å². The van der Waals surface area contributed by atoms with Crippen LogP contribution >= 0.6 is 61.2 Å². The van der Waals surface area contributed by atoms with Crippen LogP contribution in [-0.4, -0.2) is 23.2 Å². The van der Waals surface area contributed by atoms with Crippen molar-refractivity contribution in [2.45, 2.75) is 19.8 Å². The molecule has 0 radical (unpaired) electrons. The summed E-state index contributed by atoms with van der Waals surface area (Å²) in [7, 11) is 0. The summed E-state index contributed by atoms with van der Waals surface area (Å²) in [6.45, 7) is 3.41. The second kappa shape index (κ2) is 7.69. The summed E-state index contributed by atoms with van der Waals surface area (Å²) < 4.78 is 2.49. The third-order valence-corrected chi connectivity index (χ3v) is 16.1. The zero-order valence-corrected chi connectivity index (χ0v) is 14.9. The lowest BCUT2D eigenvalue weighted by molar-refractivity contribution is 0.627. The van der Waals surface area contributed by atoms with E-state index in [4.69, 9.17) is 0 Å². The van der Waals surface area contributed by atoms with Gasteiger partial charge in [-0.15, -0.1) is 0 Å². The molecular formula is C4H11Br4NSi2. The molecule has 0 rings (SSSR count). The van der Waals surface area contributed by atoms with Crippen LogP contribution in [0.15, 0.2) is 0 Å². The van der Waals surface area contributed by atoms with Crippen molar-refractivity contribution in [3.05, 3.63) is 0 Å². The van der Waals surface area contributed by atoms with Gasteiger partial charge in [0.2, 0.25) is 0 Å². The van der Waals surface area contributed by atoms with E-state index in [0.717, 1.165) is 0 Å². The molecule has 0 N–H and O–H groups in total. The fraction of sp³-hybridized carbons (Fsp3) is 1.00. The van der Waals surface area contributed by atoms with Crippen molar-refractivity contribution >= 4 is 73.6 Å². The molecule has 0 spiro atoms. The molecular weight excluding hydrogens is 438 g/mol. The molecule has 11 heavy (non-hydrogen) atoms. The van der Waals surface area contributed by atoms with Gasteiger partial charge in [0.1, 0.15) is 0 Å². The molecule has 68 valence electrons. The number of halogens is 4. The summed E-state index contributed by atoms with van der Waals surface area (Å²) in [5.74, 6) is 0. The Morgan fingerprint density at radius 2 is 1.55 bits per heavy atom. The van der Waals surface area contributed by atoms with Gasteiger partial charge in [-0.2, -0.15) is 0 Å². The van der Waals surface area contributed by atoms with Crippen molar-refractivity contribution in [2.24, 2.45) is 0 Å². The van der Waals surface area contributed by atoms with Crippen molar-refractivity contribution in [3.63, 3.8) is 0 Å². The van der Waals surface area contributed by atoms with Gasteiger partial charge in [0.05, 0.1) is 0 Å². The van der Waals surface area contributed by atoms with Gasteiger partial charge in [-0.25, -0.2) is 0 Å². The summed E-state index contributed by atoms with van der Waals surface area (Å²) in [5.41, 5.74) is 0. The van der Waals surface area contributed by atoms with Gasteiger partial charge in [0.25, 0.3) is 12.4 Å². The van der Waals surface area contributed by atoms with Gasteiger partial charge in [0.15, 0.2) is 0 Å². The van der Waals surface area contributed by atoms with E-state index in [1.807, 2.05) is 0 Å². The van der Waals surface area contributed by atoms with Gasteiger partial charge in [0, 0.05) is 0 Å². The first-order valence-corrected chi connectivity index (χ1v) is 17.2. The molecule has 0 unspecified atom stereocenters. The number of rotatable bonds is 5. The Morgan fingerprint density at radius 3 is 1.82 bits per heavy atom. The minimum atomic E-state index is -0.949. The van der Waals surface area contributed by atoms with Crippen molar-refractivity contribution in [2.75, 3.05) is 6.54 Å². The first-order valence-electron chi connectivity index (χ1n) is 3.41. The quantitative estimate of drug-likeness (QED) is 0.461. The smallest absolute Gasteiger partial charge is 0.252 e. The highest BCUT2D eigenvalue weighted by Crippen LogP contribution is 2.18. The summed E-state index contributed by atoms with van der Waals surface area (Å²) in [6, 6.07) is 0. The molecule has 0 heterocycles. The topological polar surface area (TPSA) is 3.24 Å². The van der Waals surface area contributed by atoms with Crippen LogP contribution in [0.25, 0.3) is 0 Å². The van der Waals surface area contributed by atoms with Crippen molar-refractivity contribution in [3.8, 4) is 0 Å². The van der Waals surface area contributed by atoms with E-state index in [9.17, 15) is 0 Å². The lowest BCUT2D eigenvalue weighted by Crippen LogP contribution is -2.37. The molecule has 0 amide bonds. The highest BCUT2D eigenvalue weighted by molar-refractivity contribution is 9.51. The van der Waals surface area contributed by atoms with Gasteiger partial charge in [-0.05, 0) is 13.0 Å². The van der Waals surface area contributed by atoms with Crippen LogP contribution < -0.4 is 0 Å². The average Bonchev–Trinajstić information content (AvgIpc) is 1.87. The van der Waals surface area contributed by atoms with Crippen LogP contribution in [0, 0.1) is 0 Å². The number of hydrogen-bond acceptors (Lipinski definition) is 1. The number of unbranched alkanes of at least 4 members (excludes halogenated alkanes) is 1. The SMILES string of the molecule is CCCCN([SiH](Br)Br)[SiH](Br)Br. The maximum Gasteiger partial charge on any atom is 0.252 e. The maximum absolute atomic E-state index is 3.63. The Morgan fingerprint density at radius 1 is 1.09 bits per heavy atom. The Balaban J connectivity index is 3.70. The van der Waals surface area contributed by atoms with Crippen molar-refractivity contribution in [1.82, 2.24) is 4.23 Å². The van der Waals surface area contributed by atoms with E-state index in [-0.39, 0.29) is 0 Å². The fourth-order valence-corrected chi connectivity index (χ4v) is 24.4. The molecule has 0 aromatic rings. The second-order valence-electron chi connectivity index (χ2n) is 2.15. The van der Waals surface area contributed by atoms with Crippen LogP contribution in [-0.2, 0) is 0 Å². The van der Waals surface area contributed by atoms with E-state index in [1.54, 1.807) is 0 Å². The number of hydrogen-bond donors (Lipinski definition) is 0. The standard InChI is InChI=1S/C4H11Br4NSi2/c1-2-3-4-9(10(5)6)11(7)8/h10-11H,2-4H2,1H3. The minimum absolute atomic E-state index is 0.949. The zero-order chi connectivity index (χ0) is 8.85. The Labute approximate surface area is 103 Å². The van der Waals surface area contributed by atoms with Gasteiger partial charge >= 0.3 is 0 Å². The Kier molecular flexibility index (Phi) is 9.31. The van der Waals surface area contributed by atoms with Crippen molar-refractivity contribution < 1.29 is 0 Å². The monoisotopic (exact) mass is 445 g/mol. The molecule has 0 aromatic heterocycles. The van der Waals surface area contributed by atoms with E-state index in [1.165, 1.54) is 19.4 Å². The van der Waals surface area contributed by atoms with Crippen LogP contribution in [0.5, 0.6) is 0 Å². The summed E-state index contributed by atoms with van der Waals surface area (Å²) in [6.07, 6.45) is 0.645. The van der Waals surface area contributed by atoms with Crippen molar-refractivity contribution in [1.29, 1.82) is 0 Å². The predicted molar refractivity (Wildman–Crippen MR) is 71.6 cm³/mol. The molecule has 1 nitrogen and oxygen atoms in total. The van der Waals surface area contributed by atoms with Gasteiger partial charge in [-0.3, -0.25) is 0 Å². The predicted octanol–water partition coefficient (Wildman–Crippen LogP) is 3.10. The third-order valence-electron chi connectivity index (χ3n) is 1.27. The van der Waals surface area contributed by atoms with E-state index in [0.29, 0.717) is 0 Å². The minimum Gasteiger partial charge on any atom is -0.316 e. The average molecular weight is 449 g/mol. The lowest BCUT2D eigenvalue weighted by Gasteiger charge is -2.23. The molecule has 0 atom stereocenters. The van der Waals surface area contributed by atoms with Crippen LogP contribution in [0.4, 0.5) is 0 Å². The molecule has 0 bridgehead atoms. The fourth-order valence-electron chi connectivity index (χ4n) is 0.621. The lowest BCUT2D eigenvalue weighted by atomic mass is 10.3.